The summed E-state index contributed by atoms with van der Waals surface area (Å²) in [4.78, 5) is 12.4. The number of ether oxygens (including phenoxy) is 1. The standard InChI is InChI=1S/C34H58O2/c1-7-8-9-10-14-32(35)36-27-19-21-33(5)26(23-27)15-16-28-30-18-17-29(25(4)13-11-12-24(2)3)34(30,6)22-20-31(28)33/h15,24-25,27-31H,7-14,16-23H2,1-6H3/t25-,27-,28-,29-,30-,31-,33-,34+/m0/s1. The molecule has 0 aromatic carbocycles. The number of carbonyl (C=O) groups is 1. The van der Waals surface area contributed by atoms with Crippen molar-refractivity contribution in [2.24, 2.45) is 46.3 Å². The van der Waals surface area contributed by atoms with Crippen LogP contribution in [0.2, 0.25) is 0 Å². The van der Waals surface area contributed by atoms with Crippen LogP contribution in [-0.2, 0) is 9.53 Å². The summed E-state index contributed by atoms with van der Waals surface area (Å²) in [6, 6.07) is 0. The van der Waals surface area contributed by atoms with E-state index in [1.807, 2.05) is 0 Å². The molecule has 206 valence electrons. The summed E-state index contributed by atoms with van der Waals surface area (Å²) in [5.74, 6) is 5.34. The van der Waals surface area contributed by atoms with E-state index in [2.05, 4.69) is 47.6 Å². The molecule has 2 nitrogen and oxygen atoms in total. The average molecular weight is 499 g/mol. The monoisotopic (exact) mass is 498 g/mol. The van der Waals surface area contributed by atoms with Crippen molar-refractivity contribution >= 4 is 5.97 Å². The molecular weight excluding hydrogens is 440 g/mol. The predicted molar refractivity (Wildman–Crippen MR) is 152 cm³/mol. The van der Waals surface area contributed by atoms with Gasteiger partial charge in [0.15, 0.2) is 0 Å². The molecule has 0 aromatic rings. The molecule has 3 fully saturated rings. The van der Waals surface area contributed by atoms with Gasteiger partial charge in [-0.3, -0.25) is 4.79 Å². The summed E-state index contributed by atoms with van der Waals surface area (Å²) in [6.45, 7) is 14.8. The van der Waals surface area contributed by atoms with Gasteiger partial charge in [0.05, 0.1) is 0 Å². The molecule has 0 amide bonds. The van der Waals surface area contributed by atoms with Crippen LogP contribution in [0.3, 0.4) is 0 Å². The second-order valence-electron chi connectivity index (χ2n) is 14.5. The lowest BCUT2D eigenvalue weighted by Gasteiger charge is -2.58. The third-order valence-electron chi connectivity index (χ3n) is 11.8. The van der Waals surface area contributed by atoms with E-state index in [9.17, 15) is 4.79 Å². The van der Waals surface area contributed by atoms with Gasteiger partial charge in [-0.25, -0.2) is 0 Å². The summed E-state index contributed by atoms with van der Waals surface area (Å²) in [7, 11) is 0. The highest BCUT2D eigenvalue weighted by Crippen LogP contribution is 2.67. The average Bonchev–Trinajstić information content (AvgIpc) is 3.19. The highest BCUT2D eigenvalue weighted by Gasteiger charge is 2.59. The largest absolute Gasteiger partial charge is 0.462 e. The number of hydrogen-bond donors (Lipinski definition) is 0. The Bertz CT molecular complexity index is 767. The van der Waals surface area contributed by atoms with E-state index in [1.165, 1.54) is 70.6 Å². The van der Waals surface area contributed by atoms with Crippen molar-refractivity contribution in [2.45, 2.75) is 150 Å². The minimum Gasteiger partial charge on any atom is -0.462 e. The van der Waals surface area contributed by atoms with Crippen LogP contribution in [0.4, 0.5) is 0 Å². The van der Waals surface area contributed by atoms with E-state index >= 15 is 0 Å². The van der Waals surface area contributed by atoms with Gasteiger partial charge in [0.1, 0.15) is 6.10 Å². The van der Waals surface area contributed by atoms with Gasteiger partial charge in [-0.2, -0.15) is 0 Å². The Morgan fingerprint density at radius 2 is 1.78 bits per heavy atom. The lowest BCUT2D eigenvalue weighted by molar-refractivity contribution is -0.151. The molecule has 0 aromatic heterocycles. The highest BCUT2D eigenvalue weighted by molar-refractivity contribution is 5.69. The molecule has 0 bridgehead atoms. The van der Waals surface area contributed by atoms with Crippen molar-refractivity contribution in [1.29, 1.82) is 0 Å². The number of fused-ring (bicyclic) bond motifs is 5. The van der Waals surface area contributed by atoms with Gasteiger partial charge in [0.2, 0.25) is 0 Å². The van der Waals surface area contributed by atoms with Crippen molar-refractivity contribution in [2.75, 3.05) is 0 Å². The van der Waals surface area contributed by atoms with E-state index < -0.39 is 0 Å². The van der Waals surface area contributed by atoms with Crippen LogP contribution in [-0.4, -0.2) is 12.1 Å². The molecule has 0 spiro atoms. The first-order valence-corrected chi connectivity index (χ1v) is 16.1. The molecule has 0 heterocycles. The van der Waals surface area contributed by atoms with Crippen molar-refractivity contribution < 1.29 is 9.53 Å². The van der Waals surface area contributed by atoms with Crippen molar-refractivity contribution in [3.63, 3.8) is 0 Å². The minimum atomic E-state index is 0.0435. The molecule has 4 rings (SSSR count). The van der Waals surface area contributed by atoms with Crippen LogP contribution >= 0.6 is 0 Å². The number of esters is 1. The molecule has 0 unspecified atom stereocenters. The topological polar surface area (TPSA) is 26.3 Å². The van der Waals surface area contributed by atoms with Gasteiger partial charge in [-0.05, 0) is 97.7 Å². The summed E-state index contributed by atoms with van der Waals surface area (Å²) in [6.07, 6.45) is 22.5. The molecule has 36 heavy (non-hydrogen) atoms. The second-order valence-corrected chi connectivity index (χ2v) is 14.5. The van der Waals surface area contributed by atoms with Crippen molar-refractivity contribution in [3.8, 4) is 0 Å². The molecule has 2 heteroatoms. The van der Waals surface area contributed by atoms with Crippen LogP contribution in [0.25, 0.3) is 0 Å². The SMILES string of the molecule is CCCCCCC(=O)O[C@H]1CC[C@@]2(C)C(=CC[C@H]3[C@@H]4CC[C@@H]([C@@H](C)CCCC(C)C)[C@@]4(C)CC[C@@H]32)C1. The fourth-order valence-corrected chi connectivity index (χ4v) is 9.69. The van der Waals surface area contributed by atoms with Crippen LogP contribution in [0, 0.1) is 46.3 Å². The van der Waals surface area contributed by atoms with Crippen LogP contribution in [0.1, 0.15) is 144 Å². The molecule has 4 aliphatic rings. The van der Waals surface area contributed by atoms with E-state index in [0.717, 1.165) is 61.2 Å². The lowest BCUT2D eigenvalue weighted by atomic mass is 9.47. The minimum absolute atomic E-state index is 0.0435. The van der Waals surface area contributed by atoms with Gasteiger partial charge in [0.25, 0.3) is 0 Å². The van der Waals surface area contributed by atoms with E-state index in [4.69, 9.17) is 4.74 Å². The number of hydrogen-bond acceptors (Lipinski definition) is 2. The summed E-state index contributed by atoms with van der Waals surface area (Å²) < 4.78 is 5.99. The molecule has 0 N–H and O–H groups in total. The Morgan fingerprint density at radius 1 is 0.972 bits per heavy atom. The van der Waals surface area contributed by atoms with E-state index in [1.54, 1.807) is 5.57 Å². The van der Waals surface area contributed by atoms with Crippen molar-refractivity contribution in [1.82, 2.24) is 0 Å². The highest BCUT2D eigenvalue weighted by atomic mass is 16.5. The van der Waals surface area contributed by atoms with Gasteiger partial charge < -0.3 is 4.74 Å². The molecule has 0 radical (unpaired) electrons. The van der Waals surface area contributed by atoms with E-state index in [-0.39, 0.29) is 12.1 Å². The van der Waals surface area contributed by atoms with Crippen LogP contribution < -0.4 is 0 Å². The Labute approximate surface area is 223 Å². The summed E-state index contributed by atoms with van der Waals surface area (Å²) >= 11 is 0. The molecular formula is C34H58O2. The number of unbranched alkanes of at least 4 members (excludes halogenated alkanes) is 3. The number of carbonyl (C=O) groups excluding carboxylic acids is 1. The first-order valence-electron chi connectivity index (χ1n) is 16.1. The maximum Gasteiger partial charge on any atom is 0.306 e. The second kappa shape index (κ2) is 11.9. The molecule has 8 atom stereocenters. The fraction of sp³-hybridized carbons (Fsp3) is 0.912. The lowest BCUT2D eigenvalue weighted by Crippen LogP contribution is -2.51. The summed E-state index contributed by atoms with van der Waals surface area (Å²) in [5, 5.41) is 0. The zero-order valence-corrected chi connectivity index (χ0v) is 24.7. The first kappa shape index (κ1) is 28.2. The Kier molecular flexibility index (Phi) is 9.36. The maximum atomic E-state index is 12.4. The predicted octanol–water partition coefficient (Wildman–Crippen LogP) is 9.91. The van der Waals surface area contributed by atoms with E-state index in [0.29, 0.717) is 17.3 Å². The van der Waals surface area contributed by atoms with Gasteiger partial charge in [0, 0.05) is 12.8 Å². The Hall–Kier alpha value is -0.790. The normalized spacial score (nSPS) is 38.6. The summed E-state index contributed by atoms with van der Waals surface area (Å²) in [5.41, 5.74) is 2.54. The molecule has 0 saturated heterocycles. The third kappa shape index (κ3) is 5.78. The zero-order chi connectivity index (χ0) is 25.9. The molecule has 3 saturated carbocycles. The van der Waals surface area contributed by atoms with Gasteiger partial charge in [-0.15, -0.1) is 0 Å². The van der Waals surface area contributed by atoms with Crippen LogP contribution in [0.5, 0.6) is 0 Å². The van der Waals surface area contributed by atoms with Gasteiger partial charge in [-0.1, -0.05) is 91.7 Å². The van der Waals surface area contributed by atoms with Gasteiger partial charge >= 0.3 is 5.97 Å². The smallest absolute Gasteiger partial charge is 0.306 e. The number of allylic oxidation sites excluding steroid dienone is 1. The number of rotatable bonds is 11. The third-order valence-corrected chi connectivity index (χ3v) is 11.8. The van der Waals surface area contributed by atoms with Crippen molar-refractivity contribution in [3.05, 3.63) is 11.6 Å². The maximum absolute atomic E-state index is 12.4. The molecule has 0 aliphatic heterocycles. The molecule has 4 aliphatic carbocycles. The fourth-order valence-electron chi connectivity index (χ4n) is 9.69. The Morgan fingerprint density at radius 3 is 2.53 bits per heavy atom. The quantitative estimate of drug-likeness (QED) is 0.161. The first-order chi connectivity index (χ1) is 17.2. The van der Waals surface area contributed by atoms with Crippen LogP contribution in [0.15, 0.2) is 11.6 Å². The Balaban J connectivity index is 1.36. The zero-order valence-electron chi connectivity index (χ0n) is 24.7.